The number of carbonyl (C=O) groups is 1. The number of aliphatic carboxylic acids is 1. The molecule has 0 N–H and O–H groups in total. The Labute approximate surface area is 109 Å². The number of unbranched alkanes of at least 4 members (excludes halogenated alkanes) is 6. The fraction of sp³-hybridized carbons (Fsp3) is 0.929. The molecule has 0 aromatic heterocycles. The Bertz CT molecular complexity index is 218. The van der Waals surface area contributed by atoms with E-state index in [0.717, 1.165) is 19.3 Å². The molecule has 0 spiro atoms. The van der Waals surface area contributed by atoms with Crippen molar-refractivity contribution in [2.24, 2.45) is 0 Å². The molecule has 0 heterocycles. The molecule has 0 saturated heterocycles. The first-order valence-electron chi connectivity index (χ1n) is 7.05. The molecule has 0 fully saturated rings. The summed E-state index contributed by atoms with van der Waals surface area (Å²) >= 11 is 0. The third kappa shape index (κ3) is 11.8. The summed E-state index contributed by atoms with van der Waals surface area (Å²) in [7, 11) is 0. The maximum atomic E-state index is 13.4. The molecule has 0 saturated carbocycles. The van der Waals surface area contributed by atoms with Crippen molar-refractivity contribution in [1.29, 1.82) is 0 Å². The number of hydrogen-bond donors (Lipinski definition) is 0. The topological polar surface area (TPSA) is 40.1 Å². The standard InChI is InChI=1S/C14H26F2O2/c1-2-3-4-8-11-14(15,16)12-9-6-5-7-10-13(17)18/h2-12H2,1H3,(H,17,18)/p-1. The van der Waals surface area contributed by atoms with Gasteiger partial charge in [-0.05, 0) is 25.7 Å². The zero-order valence-electron chi connectivity index (χ0n) is 11.4. The average Bonchev–Trinajstić information content (AvgIpc) is 2.29. The quantitative estimate of drug-likeness (QED) is 0.504. The predicted octanol–water partition coefficient (Wildman–Crippen LogP) is 3.68. The summed E-state index contributed by atoms with van der Waals surface area (Å²) in [6.07, 6.45) is 5.92. The molecule has 0 radical (unpaired) electrons. The van der Waals surface area contributed by atoms with Gasteiger partial charge in [0.25, 0.3) is 0 Å². The molecule has 0 atom stereocenters. The van der Waals surface area contributed by atoms with Crippen molar-refractivity contribution in [3.63, 3.8) is 0 Å². The van der Waals surface area contributed by atoms with Crippen LogP contribution in [0.3, 0.4) is 0 Å². The van der Waals surface area contributed by atoms with Crippen LogP contribution in [0.2, 0.25) is 0 Å². The summed E-state index contributed by atoms with van der Waals surface area (Å²) in [6, 6.07) is 0. The van der Waals surface area contributed by atoms with Gasteiger partial charge in [-0.15, -0.1) is 0 Å². The smallest absolute Gasteiger partial charge is 0.248 e. The minimum absolute atomic E-state index is 0.00789. The summed E-state index contributed by atoms with van der Waals surface area (Å²) < 4.78 is 26.8. The summed E-state index contributed by atoms with van der Waals surface area (Å²) in [4.78, 5) is 10.1. The number of carbonyl (C=O) groups excluding carboxylic acids is 1. The molecule has 0 rings (SSSR count). The van der Waals surface area contributed by atoms with Crippen molar-refractivity contribution < 1.29 is 18.7 Å². The molecule has 0 aromatic carbocycles. The zero-order chi connectivity index (χ0) is 13.9. The Morgan fingerprint density at radius 3 is 1.94 bits per heavy atom. The minimum atomic E-state index is -2.54. The van der Waals surface area contributed by atoms with Gasteiger partial charge in [-0.1, -0.05) is 39.0 Å². The third-order valence-electron chi connectivity index (χ3n) is 3.07. The first-order valence-corrected chi connectivity index (χ1v) is 7.05. The molecule has 0 bridgehead atoms. The zero-order valence-corrected chi connectivity index (χ0v) is 11.4. The molecule has 0 amide bonds. The van der Waals surface area contributed by atoms with E-state index in [1.807, 2.05) is 0 Å². The number of halogens is 2. The van der Waals surface area contributed by atoms with Gasteiger partial charge in [-0.3, -0.25) is 0 Å². The van der Waals surface area contributed by atoms with Crippen molar-refractivity contribution >= 4 is 5.97 Å². The first kappa shape index (κ1) is 17.3. The van der Waals surface area contributed by atoms with Crippen LogP contribution in [0.4, 0.5) is 8.78 Å². The second-order valence-corrected chi connectivity index (χ2v) is 4.95. The number of alkyl halides is 2. The van der Waals surface area contributed by atoms with Crippen LogP contribution in [0.5, 0.6) is 0 Å². The highest BCUT2D eigenvalue weighted by Crippen LogP contribution is 2.28. The van der Waals surface area contributed by atoms with Gasteiger partial charge in [0, 0.05) is 18.8 Å². The minimum Gasteiger partial charge on any atom is -0.550 e. The lowest BCUT2D eigenvalue weighted by molar-refractivity contribution is -0.305. The Balaban J connectivity index is 3.42. The fourth-order valence-electron chi connectivity index (χ4n) is 1.94. The second kappa shape index (κ2) is 10.3. The summed E-state index contributed by atoms with van der Waals surface area (Å²) in [5.74, 6) is -3.60. The molecular weight excluding hydrogens is 238 g/mol. The highest BCUT2D eigenvalue weighted by atomic mass is 19.3. The van der Waals surface area contributed by atoms with E-state index in [2.05, 4.69) is 6.92 Å². The van der Waals surface area contributed by atoms with Gasteiger partial charge in [0.2, 0.25) is 5.92 Å². The van der Waals surface area contributed by atoms with Crippen LogP contribution in [0.1, 0.15) is 77.6 Å². The number of carboxylic acids is 1. The molecule has 0 aliphatic carbocycles. The van der Waals surface area contributed by atoms with E-state index >= 15 is 0 Å². The second-order valence-electron chi connectivity index (χ2n) is 4.95. The molecule has 0 unspecified atom stereocenters. The molecule has 2 nitrogen and oxygen atoms in total. The van der Waals surface area contributed by atoms with Crippen LogP contribution in [0.15, 0.2) is 0 Å². The van der Waals surface area contributed by atoms with E-state index in [4.69, 9.17) is 0 Å². The maximum Gasteiger partial charge on any atom is 0.248 e. The lowest BCUT2D eigenvalue weighted by Crippen LogP contribution is -2.21. The lowest BCUT2D eigenvalue weighted by Gasteiger charge is -2.16. The van der Waals surface area contributed by atoms with Gasteiger partial charge < -0.3 is 9.90 Å². The van der Waals surface area contributed by atoms with Crippen LogP contribution in [0, 0.1) is 0 Å². The summed E-state index contributed by atoms with van der Waals surface area (Å²) in [5, 5.41) is 10.1. The van der Waals surface area contributed by atoms with E-state index < -0.39 is 11.9 Å². The van der Waals surface area contributed by atoms with Gasteiger partial charge in [0.05, 0.1) is 0 Å². The third-order valence-corrected chi connectivity index (χ3v) is 3.07. The molecule has 0 aliphatic heterocycles. The number of carboxylic acid groups (broad SMARTS) is 1. The van der Waals surface area contributed by atoms with E-state index in [1.165, 1.54) is 0 Å². The van der Waals surface area contributed by atoms with Gasteiger partial charge in [0.15, 0.2) is 0 Å². The van der Waals surface area contributed by atoms with Gasteiger partial charge in [0.1, 0.15) is 0 Å². The van der Waals surface area contributed by atoms with E-state index in [9.17, 15) is 18.7 Å². The Hall–Kier alpha value is -0.670. The highest BCUT2D eigenvalue weighted by molar-refractivity contribution is 5.63. The maximum absolute atomic E-state index is 13.4. The van der Waals surface area contributed by atoms with Gasteiger partial charge in [-0.25, -0.2) is 8.78 Å². The molecule has 18 heavy (non-hydrogen) atoms. The molecule has 0 aromatic rings. The molecule has 0 aliphatic rings. The van der Waals surface area contributed by atoms with Gasteiger partial charge >= 0.3 is 0 Å². The Morgan fingerprint density at radius 1 is 0.944 bits per heavy atom. The molecule has 4 heteroatoms. The van der Waals surface area contributed by atoms with Crippen LogP contribution < -0.4 is 5.11 Å². The average molecular weight is 263 g/mol. The van der Waals surface area contributed by atoms with E-state index in [0.29, 0.717) is 32.1 Å². The van der Waals surface area contributed by atoms with Crippen molar-refractivity contribution in [3.8, 4) is 0 Å². The van der Waals surface area contributed by atoms with Crippen molar-refractivity contribution in [2.45, 2.75) is 83.5 Å². The summed E-state index contributed by atoms with van der Waals surface area (Å²) in [5.41, 5.74) is 0. The van der Waals surface area contributed by atoms with Crippen molar-refractivity contribution in [2.75, 3.05) is 0 Å². The highest BCUT2D eigenvalue weighted by Gasteiger charge is 2.26. The van der Waals surface area contributed by atoms with Gasteiger partial charge in [-0.2, -0.15) is 0 Å². The van der Waals surface area contributed by atoms with Crippen molar-refractivity contribution in [3.05, 3.63) is 0 Å². The summed E-state index contributed by atoms with van der Waals surface area (Å²) in [6.45, 7) is 2.06. The van der Waals surface area contributed by atoms with Crippen LogP contribution in [0.25, 0.3) is 0 Å². The normalized spacial score (nSPS) is 11.7. The van der Waals surface area contributed by atoms with E-state index in [-0.39, 0.29) is 19.3 Å². The molecule has 108 valence electrons. The largest absolute Gasteiger partial charge is 0.550 e. The SMILES string of the molecule is CCCCCCC(F)(F)CCCCCCC(=O)[O-]. The predicted molar refractivity (Wildman–Crippen MR) is 66.4 cm³/mol. The van der Waals surface area contributed by atoms with E-state index in [1.54, 1.807) is 0 Å². The Kier molecular flexibility index (Phi) is 9.89. The number of hydrogen-bond acceptors (Lipinski definition) is 2. The van der Waals surface area contributed by atoms with Crippen molar-refractivity contribution in [1.82, 2.24) is 0 Å². The Morgan fingerprint density at radius 2 is 1.44 bits per heavy atom. The van der Waals surface area contributed by atoms with Crippen LogP contribution in [-0.4, -0.2) is 11.9 Å². The van der Waals surface area contributed by atoms with Crippen LogP contribution >= 0.6 is 0 Å². The molecular formula is C14H25F2O2-. The monoisotopic (exact) mass is 263 g/mol. The van der Waals surface area contributed by atoms with Crippen LogP contribution in [-0.2, 0) is 4.79 Å². The first-order chi connectivity index (χ1) is 8.48. The fourth-order valence-corrected chi connectivity index (χ4v) is 1.94. The number of rotatable bonds is 12. The lowest BCUT2D eigenvalue weighted by atomic mass is 10.0.